The van der Waals surface area contributed by atoms with Crippen molar-refractivity contribution in [1.29, 1.82) is 0 Å². The van der Waals surface area contributed by atoms with Crippen molar-refractivity contribution in [3.8, 4) is 17.1 Å². The maximum absolute atomic E-state index is 12.4. The third-order valence-corrected chi connectivity index (χ3v) is 5.08. The number of ether oxygens (including phenoxy) is 1. The predicted molar refractivity (Wildman–Crippen MR) is 97.1 cm³/mol. The first-order chi connectivity index (χ1) is 14.0. The number of nitrogens with zero attached hydrogens (tertiary/aromatic N) is 6. The third kappa shape index (κ3) is 3.20. The first kappa shape index (κ1) is 17.7. The van der Waals surface area contributed by atoms with E-state index in [1.165, 1.54) is 24.3 Å². The van der Waals surface area contributed by atoms with Crippen molar-refractivity contribution in [2.45, 2.75) is 31.5 Å². The van der Waals surface area contributed by atoms with Crippen molar-refractivity contribution < 1.29 is 17.9 Å². The van der Waals surface area contributed by atoms with Crippen LogP contribution in [0.3, 0.4) is 0 Å². The summed E-state index contributed by atoms with van der Waals surface area (Å²) in [6, 6.07) is 7.47. The van der Waals surface area contributed by atoms with E-state index in [0.29, 0.717) is 17.3 Å². The van der Waals surface area contributed by atoms with E-state index in [9.17, 15) is 13.2 Å². The van der Waals surface area contributed by atoms with Crippen LogP contribution in [0.4, 0.5) is 13.2 Å². The van der Waals surface area contributed by atoms with Crippen molar-refractivity contribution in [2.24, 2.45) is 0 Å². The van der Waals surface area contributed by atoms with Gasteiger partial charge >= 0.3 is 6.36 Å². The fourth-order valence-electron chi connectivity index (χ4n) is 3.53. The van der Waals surface area contributed by atoms with Gasteiger partial charge in [-0.15, -0.1) is 23.4 Å². The highest BCUT2D eigenvalue weighted by atomic mass is 19.4. The molecule has 1 saturated carbocycles. The topological polar surface area (TPSA) is 70.7 Å². The number of aromatic nitrogens is 6. The van der Waals surface area contributed by atoms with Crippen molar-refractivity contribution in [2.75, 3.05) is 0 Å². The van der Waals surface area contributed by atoms with E-state index in [4.69, 9.17) is 5.10 Å². The van der Waals surface area contributed by atoms with Crippen LogP contribution in [-0.2, 0) is 0 Å². The maximum atomic E-state index is 12.4. The lowest BCUT2D eigenvalue weighted by molar-refractivity contribution is -0.274. The third-order valence-electron chi connectivity index (χ3n) is 5.08. The SMILES string of the molecule is FC(F)(F)Oc1ccc(-n2nc(C3CCC3)c3c(-n4cnnc4)ccnc32)cc1. The van der Waals surface area contributed by atoms with Gasteiger partial charge in [0.05, 0.1) is 22.5 Å². The Morgan fingerprint density at radius 1 is 1.00 bits per heavy atom. The van der Waals surface area contributed by atoms with Gasteiger partial charge in [-0.3, -0.25) is 4.57 Å². The molecular formula is C19H15F3N6O. The first-order valence-electron chi connectivity index (χ1n) is 9.08. The number of halogens is 3. The molecule has 0 saturated heterocycles. The summed E-state index contributed by atoms with van der Waals surface area (Å²) in [7, 11) is 0. The smallest absolute Gasteiger partial charge is 0.406 e. The molecule has 1 fully saturated rings. The van der Waals surface area contributed by atoms with Gasteiger partial charge in [0.25, 0.3) is 0 Å². The van der Waals surface area contributed by atoms with Gasteiger partial charge in [0, 0.05) is 12.1 Å². The standard InChI is InChI=1S/C19H15F3N6O/c20-19(21,22)29-14-6-4-13(5-7-14)28-18-16(17(26-28)12-2-1-3-12)15(8-9-23-18)27-10-24-25-11-27/h4-12H,1-3H2. The van der Waals surface area contributed by atoms with E-state index in [2.05, 4.69) is 19.9 Å². The van der Waals surface area contributed by atoms with Crippen LogP contribution in [-0.4, -0.2) is 35.9 Å². The minimum atomic E-state index is -4.73. The number of rotatable bonds is 4. The van der Waals surface area contributed by atoms with Crippen LogP contribution in [0.5, 0.6) is 5.75 Å². The summed E-state index contributed by atoms with van der Waals surface area (Å²) in [6.45, 7) is 0. The lowest BCUT2D eigenvalue weighted by Gasteiger charge is -2.24. The number of fused-ring (bicyclic) bond motifs is 1. The number of alkyl halides is 3. The van der Waals surface area contributed by atoms with Gasteiger partial charge in [-0.2, -0.15) is 5.10 Å². The normalized spacial score (nSPS) is 14.9. The zero-order valence-corrected chi connectivity index (χ0v) is 15.0. The van der Waals surface area contributed by atoms with Crippen LogP contribution >= 0.6 is 0 Å². The van der Waals surface area contributed by atoms with Crippen LogP contribution in [0.15, 0.2) is 49.2 Å². The molecule has 0 amide bonds. The molecule has 10 heteroatoms. The fraction of sp³-hybridized carbons (Fsp3) is 0.263. The second-order valence-electron chi connectivity index (χ2n) is 6.86. The Morgan fingerprint density at radius 3 is 2.34 bits per heavy atom. The minimum absolute atomic E-state index is 0.282. The molecule has 0 atom stereocenters. The van der Waals surface area contributed by atoms with Crippen molar-refractivity contribution in [3.05, 3.63) is 54.9 Å². The second-order valence-corrected chi connectivity index (χ2v) is 6.86. The molecular weight excluding hydrogens is 385 g/mol. The molecule has 29 heavy (non-hydrogen) atoms. The van der Waals surface area contributed by atoms with Gasteiger partial charge in [-0.05, 0) is 43.2 Å². The molecule has 4 aromatic rings. The van der Waals surface area contributed by atoms with E-state index in [1.54, 1.807) is 28.1 Å². The Kier molecular flexibility index (Phi) is 4.00. The molecule has 0 N–H and O–H groups in total. The van der Waals surface area contributed by atoms with Crippen LogP contribution in [0.25, 0.3) is 22.4 Å². The summed E-state index contributed by atoms with van der Waals surface area (Å²) in [5.41, 5.74) is 3.02. The minimum Gasteiger partial charge on any atom is -0.406 e. The number of pyridine rings is 1. The highest BCUT2D eigenvalue weighted by Gasteiger charge is 2.31. The van der Waals surface area contributed by atoms with Crippen molar-refractivity contribution >= 4 is 11.0 Å². The monoisotopic (exact) mass is 400 g/mol. The van der Waals surface area contributed by atoms with Gasteiger partial charge in [-0.25, -0.2) is 9.67 Å². The lowest BCUT2D eigenvalue weighted by atomic mass is 9.82. The summed E-state index contributed by atoms with van der Waals surface area (Å²) >= 11 is 0. The van der Waals surface area contributed by atoms with Crippen molar-refractivity contribution in [1.82, 2.24) is 29.5 Å². The Labute approximate surface area is 162 Å². The summed E-state index contributed by atoms with van der Waals surface area (Å²) in [5.74, 6) is 0.0427. The Bertz CT molecular complexity index is 1150. The highest BCUT2D eigenvalue weighted by molar-refractivity contribution is 5.89. The highest BCUT2D eigenvalue weighted by Crippen LogP contribution is 2.41. The van der Waals surface area contributed by atoms with Gasteiger partial charge in [0.15, 0.2) is 5.65 Å². The van der Waals surface area contributed by atoms with E-state index < -0.39 is 6.36 Å². The largest absolute Gasteiger partial charge is 0.573 e. The molecule has 148 valence electrons. The van der Waals surface area contributed by atoms with Crippen LogP contribution < -0.4 is 4.74 Å². The van der Waals surface area contributed by atoms with Crippen LogP contribution in [0.1, 0.15) is 30.9 Å². The van der Waals surface area contributed by atoms with Crippen LogP contribution in [0.2, 0.25) is 0 Å². The van der Waals surface area contributed by atoms with E-state index >= 15 is 0 Å². The molecule has 1 aliphatic carbocycles. The predicted octanol–water partition coefficient (Wildman–Crippen LogP) is 4.17. The molecule has 0 spiro atoms. The number of benzene rings is 1. The Morgan fingerprint density at radius 2 is 1.72 bits per heavy atom. The average molecular weight is 400 g/mol. The summed E-state index contributed by atoms with van der Waals surface area (Å²) in [4.78, 5) is 4.51. The van der Waals surface area contributed by atoms with Gasteiger partial charge in [-0.1, -0.05) is 6.42 Å². The second kappa shape index (κ2) is 6.57. The fourth-order valence-corrected chi connectivity index (χ4v) is 3.53. The lowest BCUT2D eigenvalue weighted by Crippen LogP contribution is -2.17. The summed E-state index contributed by atoms with van der Waals surface area (Å²) in [5, 5.41) is 13.4. The summed E-state index contributed by atoms with van der Waals surface area (Å²) < 4.78 is 44.7. The quantitative estimate of drug-likeness (QED) is 0.514. The molecule has 7 nitrogen and oxygen atoms in total. The first-order valence-corrected chi connectivity index (χ1v) is 9.08. The average Bonchev–Trinajstić information content (AvgIpc) is 3.28. The molecule has 0 radical (unpaired) electrons. The number of hydrogen-bond donors (Lipinski definition) is 0. The molecule has 3 aromatic heterocycles. The molecule has 1 aromatic carbocycles. The van der Waals surface area contributed by atoms with Gasteiger partial charge < -0.3 is 4.74 Å². The van der Waals surface area contributed by atoms with E-state index in [1.807, 2.05) is 6.07 Å². The maximum Gasteiger partial charge on any atom is 0.573 e. The van der Waals surface area contributed by atoms with Crippen molar-refractivity contribution in [3.63, 3.8) is 0 Å². The number of hydrogen-bond acceptors (Lipinski definition) is 5. The van der Waals surface area contributed by atoms with E-state index in [-0.39, 0.29) is 5.75 Å². The molecule has 1 aliphatic rings. The Hall–Kier alpha value is -3.43. The molecule has 0 bridgehead atoms. The zero-order chi connectivity index (χ0) is 20.0. The van der Waals surface area contributed by atoms with Crippen LogP contribution in [0, 0.1) is 0 Å². The van der Waals surface area contributed by atoms with E-state index in [0.717, 1.165) is 36.0 Å². The molecule has 5 rings (SSSR count). The Balaban J connectivity index is 1.64. The van der Waals surface area contributed by atoms with Gasteiger partial charge in [0.2, 0.25) is 0 Å². The molecule has 0 aliphatic heterocycles. The zero-order valence-electron chi connectivity index (χ0n) is 15.0. The summed E-state index contributed by atoms with van der Waals surface area (Å²) in [6.07, 6.45) is 3.39. The molecule has 0 unspecified atom stereocenters. The van der Waals surface area contributed by atoms with Gasteiger partial charge in [0.1, 0.15) is 18.4 Å². The molecule has 3 heterocycles.